The highest BCUT2D eigenvalue weighted by atomic mass is 35.5. The number of benzene rings is 1. The molecule has 1 saturated heterocycles. The van der Waals surface area contributed by atoms with Crippen molar-refractivity contribution in [2.75, 3.05) is 25.0 Å². The molecule has 1 heterocycles. The molecule has 3 N–H and O–H groups in total. The predicted octanol–water partition coefficient (Wildman–Crippen LogP) is 4.12. The van der Waals surface area contributed by atoms with Gasteiger partial charge in [0.05, 0.1) is 5.41 Å². The SMILES string of the molecule is Cc1ccc(NC(=O)C2(CNC(=O)CCC3CCNCC3)CCCC2)cc1C.Cl. The Morgan fingerprint density at radius 1 is 1.10 bits per heavy atom. The molecule has 0 bridgehead atoms. The van der Waals surface area contributed by atoms with Crippen LogP contribution in [0.2, 0.25) is 0 Å². The second kappa shape index (κ2) is 11.0. The van der Waals surface area contributed by atoms with Crippen molar-refractivity contribution in [1.29, 1.82) is 0 Å². The number of anilines is 1. The Morgan fingerprint density at radius 3 is 2.45 bits per heavy atom. The van der Waals surface area contributed by atoms with Crippen LogP contribution in [0.4, 0.5) is 5.69 Å². The molecule has 0 spiro atoms. The number of nitrogens with one attached hydrogen (secondary N) is 3. The minimum atomic E-state index is -0.469. The average Bonchev–Trinajstić information content (AvgIpc) is 3.19. The summed E-state index contributed by atoms with van der Waals surface area (Å²) in [5.74, 6) is 0.788. The van der Waals surface area contributed by atoms with Gasteiger partial charge in [0, 0.05) is 18.7 Å². The highest BCUT2D eigenvalue weighted by molar-refractivity contribution is 5.96. The molecule has 0 unspecified atom stereocenters. The first-order chi connectivity index (χ1) is 13.5. The molecule has 2 amide bonds. The molecule has 0 atom stereocenters. The molecule has 29 heavy (non-hydrogen) atoms. The van der Waals surface area contributed by atoms with Crippen molar-refractivity contribution in [3.8, 4) is 0 Å². The van der Waals surface area contributed by atoms with Crippen LogP contribution < -0.4 is 16.0 Å². The summed E-state index contributed by atoms with van der Waals surface area (Å²) in [5, 5.41) is 9.54. The van der Waals surface area contributed by atoms with Crippen LogP contribution in [0.3, 0.4) is 0 Å². The third-order valence-electron chi connectivity index (χ3n) is 6.67. The average molecular weight is 422 g/mol. The second-order valence-corrected chi connectivity index (χ2v) is 8.75. The highest BCUT2D eigenvalue weighted by Gasteiger charge is 2.41. The first kappa shape index (κ1) is 23.7. The van der Waals surface area contributed by atoms with Crippen LogP contribution in [0.5, 0.6) is 0 Å². The molecular formula is C23H36ClN3O2. The predicted molar refractivity (Wildman–Crippen MR) is 121 cm³/mol. The summed E-state index contributed by atoms with van der Waals surface area (Å²) in [4.78, 5) is 25.5. The number of aryl methyl sites for hydroxylation is 2. The van der Waals surface area contributed by atoms with Gasteiger partial charge >= 0.3 is 0 Å². The summed E-state index contributed by atoms with van der Waals surface area (Å²) >= 11 is 0. The zero-order chi connectivity index (χ0) is 20.0. The number of rotatable bonds is 7. The fourth-order valence-corrected chi connectivity index (χ4v) is 4.48. The number of carbonyl (C=O) groups is 2. The standard InChI is InChI=1S/C23H35N3O2.ClH/c1-17-5-7-20(15-18(17)2)26-22(28)23(11-3-4-12-23)16-25-21(27)8-6-19-9-13-24-14-10-19;/h5,7,15,19,24H,3-4,6,8-14,16H2,1-2H3,(H,25,27)(H,26,28);1H. The normalized spacial score (nSPS) is 18.7. The van der Waals surface area contributed by atoms with Crippen molar-refractivity contribution in [1.82, 2.24) is 10.6 Å². The monoisotopic (exact) mass is 421 g/mol. The lowest BCUT2D eigenvalue weighted by Crippen LogP contribution is -2.44. The van der Waals surface area contributed by atoms with E-state index in [1.165, 1.54) is 11.1 Å². The molecule has 1 aromatic carbocycles. The van der Waals surface area contributed by atoms with E-state index in [4.69, 9.17) is 0 Å². The number of amides is 2. The Kier molecular flexibility index (Phi) is 8.97. The van der Waals surface area contributed by atoms with E-state index < -0.39 is 5.41 Å². The van der Waals surface area contributed by atoms with E-state index in [0.717, 1.165) is 63.7 Å². The van der Waals surface area contributed by atoms with Crippen LogP contribution in [0.25, 0.3) is 0 Å². The van der Waals surface area contributed by atoms with Crippen molar-refractivity contribution < 1.29 is 9.59 Å². The molecule has 1 aliphatic heterocycles. The van der Waals surface area contributed by atoms with Crippen LogP contribution in [-0.2, 0) is 9.59 Å². The summed E-state index contributed by atoms with van der Waals surface area (Å²) in [6.07, 6.45) is 7.63. The summed E-state index contributed by atoms with van der Waals surface area (Å²) in [7, 11) is 0. The smallest absolute Gasteiger partial charge is 0.232 e. The minimum Gasteiger partial charge on any atom is -0.355 e. The van der Waals surface area contributed by atoms with Gasteiger partial charge in [0.25, 0.3) is 0 Å². The van der Waals surface area contributed by atoms with Crippen molar-refractivity contribution >= 4 is 29.9 Å². The van der Waals surface area contributed by atoms with Crippen molar-refractivity contribution in [3.05, 3.63) is 29.3 Å². The fraction of sp³-hybridized carbons (Fsp3) is 0.652. The molecule has 0 radical (unpaired) electrons. The topological polar surface area (TPSA) is 70.2 Å². The van der Waals surface area contributed by atoms with E-state index in [1.54, 1.807) is 0 Å². The highest BCUT2D eigenvalue weighted by Crippen LogP contribution is 2.38. The molecule has 162 valence electrons. The van der Waals surface area contributed by atoms with Crippen molar-refractivity contribution in [2.24, 2.45) is 11.3 Å². The van der Waals surface area contributed by atoms with Gasteiger partial charge in [0.15, 0.2) is 0 Å². The first-order valence-electron chi connectivity index (χ1n) is 10.8. The van der Waals surface area contributed by atoms with Gasteiger partial charge < -0.3 is 16.0 Å². The summed E-state index contributed by atoms with van der Waals surface area (Å²) in [6, 6.07) is 6.02. The van der Waals surface area contributed by atoms with Crippen LogP contribution in [0.15, 0.2) is 18.2 Å². The fourth-order valence-electron chi connectivity index (χ4n) is 4.48. The second-order valence-electron chi connectivity index (χ2n) is 8.75. The van der Waals surface area contributed by atoms with Gasteiger partial charge in [-0.25, -0.2) is 0 Å². The Balaban J connectivity index is 0.00000300. The minimum absolute atomic E-state index is 0. The van der Waals surface area contributed by atoms with Crippen LogP contribution in [-0.4, -0.2) is 31.4 Å². The zero-order valence-electron chi connectivity index (χ0n) is 17.8. The van der Waals surface area contributed by atoms with Gasteiger partial charge in [0.2, 0.25) is 11.8 Å². The van der Waals surface area contributed by atoms with Gasteiger partial charge in [-0.05, 0) is 88.2 Å². The molecule has 1 aliphatic carbocycles. The third-order valence-corrected chi connectivity index (χ3v) is 6.67. The third kappa shape index (κ3) is 6.45. The van der Waals surface area contributed by atoms with Crippen LogP contribution in [0.1, 0.15) is 62.5 Å². The lowest BCUT2D eigenvalue weighted by molar-refractivity contribution is -0.126. The van der Waals surface area contributed by atoms with E-state index >= 15 is 0 Å². The van der Waals surface area contributed by atoms with Crippen LogP contribution >= 0.6 is 12.4 Å². The van der Waals surface area contributed by atoms with Gasteiger partial charge in [-0.2, -0.15) is 0 Å². The Labute approximate surface area is 181 Å². The molecule has 0 aromatic heterocycles. The van der Waals surface area contributed by atoms with Crippen LogP contribution in [0, 0.1) is 25.2 Å². The summed E-state index contributed by atoms with van der Waals surface area (Å²) in [5.41, 5.74) is 2.76. The summed E-state index contributed by atoms with van der Waals surface area (Å²) < 4.78 is 0. The maximum Gasteiger partial charge on any atom is 0.232 e. The van der Waals surface area contributed by atoms with Crippen molar-refractivity contribution in [2.45, 2.75) is 65.2 Å². The van der Waals surface area contributed by atoms with E-state index in [1.807, 2.05) is 18.2 Å². The largest absolute Gasteiger partial charge is 0.355 e. The van der Waals surface area contributed by atoms with Gasteiger partial charge in [-0.15, -0.1) is 12.4 Å². The Bertz CT molecular complexity index is 695. The number of carbonyl (C=O) groups excluding carboxylic acids is 2. The molecule has 5 nitrogen and oxygen atoms in total. The molecule has 1 aromatic rings. The van der Waals surface area contributed by atoms with E-state index in [0.29, 0.717) is 18.9 Å². The molecule has 2 aliphatic rings. The lowest BCUT2D eigenvalue weighted by Gasteiger charge is -2.28. The summed E-state index contributed by atoms with van der Waals surface area (Å²) in [6.45, 7) is 6.70. The van der Waals surface area contributed by atoms with Gasteiger partial charge in [0.1, 0.15) is 0 Å². The number of halogens is 1. The number of hydrogen-bond acceptors (Lipinski definition) is 3. The maximum absolute atomic E-state index is 13.1. The lowest BCUT2D eigenvalue weighted by atomic mass is 9.84. The van der Waals surface area contributed by atoms with E-state index in [2.05, 4.69) is 29.8 Å². The van der Waals surface area contributed by atoms with Gasteiger partial charge in [-0.1, -0.05) is 18.9 Å². The van der Waals surface area contributed by atoms with Crippen molar-refractivity contribution in [3.63, 3.8) is 0 Å². The van der Waals surface area contributed by atoms with E-state index in [9.17, 15) is 9.59 Å². The molecule has 1 saturated carbocycles. The quantitative estimate of drug-likeness (QED) is 0.620. The molecular weight excluding hydrogens is 386 g/mol. The molecule has 3 rings (SSSR count). The zero-order valence-corrected chi connectivity index (χ0v) is 18.6. The Morgan fingerprint density at radius 2 is 1.79 bits per heavy atom. The van der Waals surface area contributed by atoms with E-state index in [-0.39, 0.29) is 24.2 Å². The molecule has 6 heteroatoms. The number of piperidine rings is 1. The first-order valence-corrected chi connectivity index (χ1v) is 10.8. The van der Waals surface area contributed by atoms with Gasteiger partial charge in [-0.3, -0.25) is 9.59 Å². The number of hydrogen-bond donors (Lipinski definition) is 3. The molecule has 2 fully saturated rings. The maximum atomic E-state index is 13.1. The Hall–Kier alpha value is -1.59.